The zero-order valence-corrected chi connectivity index (χ0v) is 16.3. The number of halogens is 2. The Hall–Kier alpha value is -2.42. The number of methoxy groups -OCH3 is 1. The van der Waals surface area contributed by atoms with Gasteiger partial charge in [0.1, 0.15) is 12.4 Å². The lowest BCUT2D eigenvalue weighted by atomic mass is 10.1. The van der Waals surface area contributed by atoms with Gasteiger partial charge in [-0.05, 0) is 58.0 Å². The van der Waals surface area contributed by atoms with Crippen LogP contribution in [0.4, 0.5) is 4.39 Å². The summed E-state index contributed by atoms with van der Waals surface area (Å²) in [4.78, 5) is 11.9. The molecule has 0 aliphatic rings. The second-order valence-electron chi connectivity index (χ2n) is 5.23. The molecule has 0 radical (unpaired) electrons. The topological polar surface area (TPSA) is 59.9 Å². The van der Waals surface area contributed by atoms with Gasteiger partial charge in [-0.15, -0.1) is 0 Å². The number of carbonyl (C=O) groups is 1. The summed E-state index contributed by atoms with van der Waals surface area (Å²) in [5.41, 5.74) is 3.91. The number of nitrogens with zero attached hydrogens (tertiary/aromatic N) is 1. The third kappa shape index (κ3) is 5.83. The van der Waals surface area contributed by atoms with Crippen molar-refractivity contribution >= 4 is 34.7 Å². The van der Waals surface area contributed by atoms with Crippen LogP contribution in [0.2, 0.25) is 0 Å². The molecule has 0 bridgehead atoms. The number of rotatable bonds is 8. The number of nitrogens with one attached hydrogen (secondary N) is 1. The largest absolute Gasteiger partial charge is 0.493 e. The van der Waals surface area contributed by atoms with Gasteiger partial charge in [-0.1, -0.05) is 24.8 Å². The zero-order chi connectivity index (χ0) is 18.9. The third-order valence-corrected chi connectivity index (χ3v) is 4.08. The average Bonchev–Trinajstić information content (AvgIpc) is 2.62. The van der Waals surface area contributed by atoms with Crippen molar-refractivity contribution in [2.75, 3.05) is 13.7 Å². The smallest absolute Gasteiger partial charge is 0.244 e. The molecule has 1 N–H and O–H groups in total. The van der Waals surface area contributed by atoms with Crippen LogP contribution in [0.15, 0.2) is 54.2 Å². The molecule has 1 amide bonds. The van der Waals surface area contributed by atoms with Gasteiger partial charge in [0, 0.05) is 0 Å². The minimum absolute atomic E-state index is 0.118. The van der Waals surface area contributed by atoms with E-state index in [1.807, 2.05) is 6.07 Å². The Morgan fingerprint density at radius 2 is 2.08 bits per heavy atom. The van der Waals surface area contributed by atoms with Crippen LogP contribution in [0.1, 0.15) is 11.1 Å². The second-order valence-corrected chi connectivity index (χ2v) is 6.39. The molecule has 0 aromatic heterocycles. The molecule has 0 saturated carbocycles. The van der Waals surface area contributed by atoms with Crippen LogP contribution >= 0.6 is 22.6 Å². The molecule has 0 unspecified atom stereocenters. The van der Waals surface area contributed by atoms with E-state index in [0.717, 1.165) is 9.13 Å². The zero-order valence-electron chi connectivity index (χ0n) is 14.2. The minimum Gasteiger partial charge on any atom is -0.493 e. The highest BCUT2D eigenvalue weighted by Gasteiger charge is 2.10. The van der Waals surface area contributed by atoms with Gasteiger partial charge in [-0.3, -0.25) is 4.79 Å². The highest BCUT2D eigenvalue weighted by molar-refractivity contribution is 14.1. The third-order valence-electron chi connectivity index (χ3n) is 3.28. The van der Waals surface area contributed by atoms with Crippen molar-refractivity contribution in [1.29, 1.82) is 0 Å². The Bertz CT molecular complexity index is 807. The van der Waals surface area contributed by atoms with Gasteiger partial charge in [0.15, 0.2) is 11.5 Å². The minimum atomic E-state index is -0.337. The highest BCUT2D eigenvalue weighted by Crippen LogP contribution is 2.33. The van der Waals surface area contributed by atoms with Crippen LogP contribution in [0, 0.1) is 9.39 Å². The number of hydrogen-bond acceptors (Lipinski definition) is 4. The van der Waals surface area contributed by atoms with Gasteiger partial charge < -0.3 is 9.47 Å². The van der Waals surface area contributed by atoms with Crippen molar-refractivity contribution in [3.8, 4) is 11.5 Å². The quantitative estimate of drug-likeness (QED) is 0.278. The predicted molar refractivity (Wildman–Crippen MR) is 107 cm³/mol. The summed E-state index contributed by atoms with van der Waals surface area (Å²) in [5, 5.41) is 3.95. The lowest BCUT2D eigenvalue weighted by Crippen LogP contribution is -2.19. The number of amides is 1. The molecule has 0 aliphatic heterocycles. The van der Waals surface area contributed by atoms with Crippen LogP contribution in [0.5, 0.6) is 11.5 Å². The van der Waals surface area contributed by atoms with E-state index >= 15 is 0 Å². The molecule has 2 aromatic carbocycles. The van der Waals surface area contributed by atoms with Gasteiger partial charge in [0.2, 0.25) is 5.91 Å². The summed E-state index contributed by atoms with van der Waals surface area (Å²) >= 11 is 2.14. The molecule has 7 heteroatoms. The number of hydrazone groups is 1. The Kier molecular flexibility index (Phi) is 7.58. The summed E-state index contributed by atoms with van der Waals surface area (Å²) in [6.07, 6.45) is 3.29. The summed E-state index contributed by atoms with van der Waals surface area (Å²) < 4.78 is 24.6. The molecule has 0 spiro atoms. The van der Waals surface area contributed by atoms with E-state index < -0.39 is 0 Å². The fourth-order valence-corrected chi connectivity index (χ4v) is 2.88. The fraction of sp³-hybridized carbons (Fsp3) is 0.158. The van der Waals surface area contributed by atoms with E-state index in [9.17, 15) is 9.18 Å². The second kappa shape index (κ2) is 9.91. The molecule has 0 atom stereocenters. The van der Waals surface area contributed by atoms with E-state index in [1.54, 1.807) is 31.4 Å². The van der Waals surface area contributed by atoms with E-state index in [1.165, 1.54) is 18.3 Å². The Labute approximate surface area is 165 Å². The number of ether oxygens (including phenoxy) is 2. The Balaban J connectivity index is 2.00. The number of carbonyl (C=O) groups excluding carboxylic acids is 1. The van der Waals surface area contributed by atoms with Crippen LogP contribution in [-0.2, 0) is 11.2 Å². The van der Waals surface area contributed by atoms with Crippen molar-refractivity contribution < 1.29 is 18.7 Å². The highest BCUT2D eigenvalue weighted by atomic mass is 127. The normalized spacial score (nSPS) is 10.6. The van der Waals surface area contributed by atoms with Gasteiger partial charge in [-0.25, -0.2) is 9.82 Å². The maximum absolute atomic E-state index is 12.9. The maximum Gasteiger partial charge on any atom is 0.244 e. The Morgan fingerprint density at radius 3 is 2.73 bits per heavy atom. The van der Waals surface area contributed by atoms with E-state index in [0.29, 0.717) is 23.7 Å². The number of benzene rings is 2. The first-order valence-electron chi connectivity index (χ1n) is 7.71. The molecular weight excluding hydrogens is 450 g/mol. The van der Waals surface area contributed by atoms with Crippen LogP contribution in [0.3, 0.4) is 0 Å². The molecule has 5 nitrogen and oxygen atoms in total. The number of hydrogen-bond donors (Lipinski definition) is 1. The standard InChI is InChI=1S/C19H18FIN2O3/c1-3-8-26-19-16(21)9-14(10-17(19)25-2)12-22-23-18(24)11-13-4-6-15(20)7-5-13/h3-7,9-10,12H,1,8,11H2,2H3,(H,23,24)/b22-12-. The van der Waals surface area contributed by atoms with Crippen LogP contribution in [0.25, 0.3) is 0 Å². The van der Waals surface area contributed by atoms with E-state index in [4.69, 9.17) is 9.47 Å². The maximum atomic E-state index is 12.9. The molecule has 26 heavy (non-hydrogen) atoms. The van der Waals surface area contributed by atoms with Crippen molar-refractivity contribution in [3.63, 3.8) is 0 Å². The molecule has 0 heterocycles. The molecule has 0 fully saturated rings. The first kappa shape index (κ1) is 19.9. The summed E-state index contributed by atoms with van der Waals surface area (Å²) in [5.74, 6) is 0.569. The fourth-order valence-electron chi connectivity index (χ4n) is 2.10. The van der Waals surface area contributed by atoms with Gasteiger partial charge in [-0.2, -0.15) is 5.10 Å². The van der Waals surface area contributed by atoms with Gasteiger partial charge in [0.05, 0.1) is 23.3 Å². The molecule has 0 saturated heterocycles. The van der Waals surface area contributed by atoms with Crippen molar-refractivity contribution in [1.82, 2.24) is 5.43 Å². The SMILES string of the molecule is C=CCOc1c(I)cc(/C=N\NC(=O)Cc2ccc(F)cc2)cc1OC. The molecule has 0 aliphatic carbocycles. The monoisotopic (exact) mass is 468 g/mol. The van der Waals surface area contributed by atoms with Crippen molar-refractivity contribution in [2.24, 2.45) is 5.10 Å². The lowest BCUT2D eigenvalue weighted by Gasteiger charge is -2.12. The molecule has 2 aromatic rings. The van der Waals surface area contributed by atoms with Crippen LogP contribution in [-0.4, -0.2) is 25.8 Å². The first-order valence-corrected chi connectivity index (χ1v) is 8.79. The van der Waals surface area contributed by atoms with Gasteiger partial charge >= 0.3 is 0 Å². The molecular formula is C19H18FIN2O3. The molecule has 2 rings (SSSR count). The molecule has 136 valence electrons. The Morgan fingerprint density at radius 1 is 1.35 bits per heavy atom. The predicted octanol–water partition coefficient (Wildman–Crippen LogP) is 3.70. The van der Waals surface area contributed by atoms with E-state index in [2.05, 4.69) is 39.7 Å². The van der Waals surface area contributed by atoms with Crippen molar-refractivity contribution in [3.05, 3.63) is 69.6 Å². The summed E-state index contributed by atoms with van der Waals surface area (Å²) in [6, 6.07) is 9.38. The van der Waals surface area contributed by atoms with E-state index in [-0.39, 0.29) is 18.1 Å². The lowest BCUT2D eigenvalue weighted by molar-refractivity contribution is -0.120. The average molecular weight is 468 g/mol. The summed E-state index contributed by atoms with van der Waals surface area (Å²) in [7, 11) is 1.55. The van der Waals surface area contributed by atoms with Gasteiger partial charge in [0.25, 0.3) is 0 Å². The van der Waals surface area contributed by atoms with Crippen LogP contribution < -0.4 is 14.9 Å². The first-order chi connectivity index (χ1) is 12.5. The van der Waals surface area contributed by atoms with Crippen molar-refractivity contribution in [2.45, 2.75) is 6.42 Å². The summed E-state index contributed by atoms with van der Waals surface area (Å²) in [6.45, 7) is 4.00.